The first-order valence-corrected chi connectivity index (χ1v) is 12.1. The van der Waals surface area contributed by atoms with Crippen molar-refractivity contribution in [3.05, 3.63) is 102 Å². The molecule has 0 aliphatic carbocycles. The predicted octanol–water partition coefficient (Wildman–Crippen LogP) is 5.10. The van der Waals surface area contributed by atoms with Crippen molar-refractivity contribution in [1.29, 1.82) is 0 Å². The molecule has 0 spiro atoms. The summed E-state index contributed by atoms with van der Waals surface area (Å²) in [4.78, 5) is 0. The number of hydrogen-bond acceptors (Lipinski definition) is 0. The maximum atomic E-state index is 2.38. The summed E-state index contributed by atoms with van der Waals surface area (Å²) in [7, 11) is 0. The standard InChI is InChI=1S/C23H23As/c1-4-12-20(13-5-1)23(21-14-6-2-7-15-21)18-10-11-19-24(23)22-16-8-3-9-17-22/h1-9,12-17H,10-11,18-19H2. The van der Waals surface area contributed by atoms with Crippen LogP contribution in [0.4, 0.5) is 0 Å². The second-order valence-corrected chi connectivity index (χ2v) is 12.0. The molecule has 3 aromatic rings. The van der Waals surface area contributed by atoms with E-state index in [9.17, 15) is 0 Å². The van der Waals surface area contributed by atoms with Crippen LogP contribution in [0.3, 0.4) is 0 Å². The third-order valence-corrected chi connectivity index (χ3v) is 12.2. The zero-order valence-corrected chi connectivity index (χ0v) is 15.8. The van der Waals surface area contributed by atoms with Crippen LogP contribution in [-0.2, 0) is 4.20 Å². The van der Waals surface area contributed by atoms with Gasteiger partial charge < -0.3 is 0 Å². The summed E-state index contributed by atoms with van der Waals surface area (Å²) in [5.41, 5.74) is 3.06. The van der Waals surface area contributed by atoms with E-state index < -0.39 is 14.7 Å². The molecule has 0 aromatic heterocycles. The van der Waals surface area contributed by atoms with Gasteiger partial charge in [-0.15, -0.1) is 0 Å². The zero-order chi connectivity index (χ0) is 16.2. The van der Waals surface area contributed by atoms with Crippen LogP contribution in [0.15, 0.2) is 91.0 Å². The molecule has 24 heavy (non-hydrogen) atoms. The van der Waals surface area contributed by atoms with E-state index in [1.807, 2.05) is 0 Å². The van der Waals surface area contributed by atoms with Crippen LogP contribution in [0, 0.1) is 0 Å². The van der Waals surface area contributed by atoms with Crippen molar-refractivity contribution in [3.63, 3.8) is 0 Å². The minimum atomic E-state index is -1.27. The monoisotopic (exact) mass is 374 g/mol. The van der Waals surface area contributed by atoms with E-state index in [0.717, 1.165) is 0 Å². The first-order valence-electron chi connectivity index (χ1n) is 8.85. The van der Waals surface area contributed by atoms with Crippen molar-refractivity contribution >= 4 is 19.0 Å². The van der Waals surface area contributed by atoms with E-state index in [1.165, 1.54) is 35.6 Å². The quantitative estimate of drug-likeness (QED) is 0.560. The van der Waals surface area contributed by atoms with E-state index >= 15 is 0 Å². The summed E-state index contributed by atoms with van der Waals surface area (Å²) >= 11 is -1.27. The molecule has 3 aromatic carbocycles. The summed E-state index contributed by atoms with van der Waals surface area (Å²) in [5.74, 6) is 0. The molecule has 1 heterocycles. The Hall–Kier alpha value is -1.78. The molecule has 1 aliphatic heterocycles. The number of benzene rings is 3. The van der Waals surface area contributed by atoms with Crippen LogP contribution in [-0.4, -0.2) is 14.7 Å². The average Bonchev–Trinajstić information content (AvgIpc) is 2.70. The molecule has 1 aliphatic rings. The Morgan fingerprint density at radius 2 is 1.08 bits per heavy atom. The second kappa shape index (κ2) is 6.99. The molecule has 1 heteroatoms. The van der Waals surface area contributed by atoms with Gasteiger partial charge in [0.15, 0.2) is 0 Å². The Labute approximate surface area is 149 Å². The van der Waals surface area contributed by atoms with Gasteiger partial charge in [0.2, 0.25) is 0 Å². The van der Waals surface area contributed by atoms with Gasteiger partial charge in [0.05, 0.1) is 0 Å². The first-order chi connectivity index (χ1) is 11.9. The summed E-state index contributed by atoms with van der Waals surface area (Å²) in [6.07, 6.45) is 4.01. The van der Waals surface area contributed by atoms with E-state index in [2.05, 4.69) is 91.0 Å². The summed E-state index contributed by atoms with van der Waals surface area (Å²) in [6, 6.07) is 34.0. The Morgan fingerprint density at radius 1 is 0.583 bits per heavy atom. The SMILES string of the molecule is c1ccc([As]2CCCCC2(c2ccccc2)c2ccccc2)cc1. The second-order valence-electron chi connectivity index (χ2n) is 6.54. The number of rotatable bonds is 3. The minimum absolute atomic E-state index is 0.231. The third-order valence-electron chi connectivity index (χ3n) is 5.20. The van der Waals surface area contributed by atoms with Gasteiger partial charge >= 0.3 is 150 Å². The van der Waals surface area contributed by atoms with Crippen molar-refractivity contribution in [2.45, 2.75) is 28.7 Å². The molecule has 0 amide bonds. The Balaban J connectivity index is 1.94. The molecule has 0 saturated carbocycles. The Kier molecular flexibility index (Phi) is 4.58. The van der Waals surface area contributed by atoms with Crippen LogP contribution >= 0.6 is 0 Å². The molecule has 0 bridgehead atoms. The fourth-order valence-corrected chi connectivity index (χ4v) is 11.5. The van der Waals surface area contributed by atoms with Gasteiger partial charge in [0, 0.05) is 0 Å². The molecule has 1 saturated heterocycles. The van der Waals surface area contributed by atoms with Crippen LogP contribution in [0.25, 0.3) is 0 Å². The predicted molar refractivity (Wildman–Crippen MR) is 104 cm³/mol. The molecule has 1 atom stereocenters. The van der Waals surface area contributed by atoms with Gasteiger partial charge in [-0.2, -0.15) is 0 Å². The topological polar surface area (TPSA) is 0 Å². The molecule has 0 radical (unpaired) electrons. The molecular weight excluding hydrogens is 351 g/mol. The van der Waals surface area contributed by atoms with Crippen LogP contribution in [0.2, 0.25) is 5.21 Å². The molecular formula is C23H23As. The van der Waals surface area contributed by atoms with Crippen molar-refractivity contribution in [2.24, 2.45) is 0 Å². The van der Waals surface area contributed by atoms with Gasteiger partial charge in [-0.25, -0.2) is 0 Å². The molecule has 1 unspecified atom stereocenters. The van der Waals surface area contributed by atoms with Crippen LogP contribution in [0.5, 0.6) is 0 Å². The molecule has 1 fully saturated rings. The molecule has 0 N–H and O–H groups in total. The summed E-state index contributed by atoms with van der Waals surface area (Å²) in [5, 5.41) is 1.40. The third kappa shape index (κ3) is 2.74. The van der Waals surface area contributed by atoms with Gasteiger partial charge in [0.1, 0.15) is 0 Å². The fourth-order valence-electron chi connectivity index (χ4n) is 4.13. The van der Waals surface area contributed by atoms with Crippen molar-refractivity contribution < 1.29 is 0 Å². The summed E-state index contributed by atoms with van der Waals surface area (Å²) < 4.78 is 1.85. The normalized spacial score (nSPS) is 19.8. The number of hydrogen-bond donors (Lipinski definition) is 0. The first kappa shape index (κ1) is 15.7. The Bertz CT molecular complexity index is 725. The fraction of sp³-hybridized carbons (Fsp3) is 0.217. The maximum absolute atomic E-state index is 2.38. The summed E-state index contributed by atoms with van der Waals surface area (Å²) in [6.45, 7) is 0. The van der Waals surface area contributed by atoms with E-state index in [4.69, 9.17) is 0 Å². The van der Waals surface area contributed by atoms with Crippen molar-refractivity contribution in [2.75, 3.05) is 0 Å². The van der Waals surface area contributed by atoms with Gasteiger partial charge in [-0.3, -0.25) is 0 Å². The van der Waals surface area contributed by atoms with Crippen LogP contribution in [0.1, 0.15) is 30.4 Å². The van der Waals surface area contributed by atoms with E-state index in [0.29, 0.717) is 0 Å². The Morgan fingerprint density at radius 3 is 1.62 bits per heavy atom. The molecule has 4 rings (SSSR count). The van der Waals surface area contributed by atoms with Gasteiger partial charge in [-0.1, -0.05) is 0 Å². The zero-order valence-electron chi connectivity index (χ0n) is 13.9. The molecule has 120 valence electrons. The van der Waals surface area contributed by atoms with Gasteiger partial charge in [0.25, 0.3) is 0 Å². The molecule has 0 nitrogen and oxygen atoms in total. The van der Waals surface area contributed by atoms with Crippen molar-refractivity contribution in [1.82, 2.24) is 0 Å². The van der Waals surface area contributed by atoms with Gasteiger partial charge in [-0.05, 0) is 0 Å². The average molecular weight is 374 g/mol. The van der Waals surface area contributed by atoms with Crippen LogP contribution < -0.4 is 4.35 Å². The van der Waals surface area contributed by atoms with E-state index in [1.54, 1.807) is 4.35 Å². The van der Waals surface area contributed by atoms with E-state index in [-0.39, 0.29) is 4.20 Å². The van der Waals surface area contributed by atoms with Crippen molar-refractivity contribution in [3.8, 4) is 0 Å².